The van der Waals surface area contributed by atoms with Crippen molar-refractivity contribution in [2.75, 3.05) is 13.2 Å². The lowest BCUT2D eigenvalue weighted by Gasteiger charge is -2.18. The van der Waals surface area contributed by atoms with Crippen LogP contribution in [0.15, 0.2) is 60.8 Å². The maximum Gasteiger partial charge on any atom is 0.306 e. The molecule has 0 amide bonds. The lowest BCUT2D eigenvalue weighted by molar-refractivity contribution is -0.167. The Bertz CT molecular complexity index is 1330. The van der Waals surface area contributed by atoms with Crippen molar-refractivity contribution in [1.82, 2.24) is 0 Å². The summed E-state index contributed by atoms with van der Waals surface area (Å²) in [6.45, 7) is 6.56. The second kappa shape index (κ2) is 62.6. The molecule has 1 unspecified atom stereocenters. The molecule has 0 aliphatic carbocycles. The van der Waals surface area contributed by atoms with E-state index in [0.29, 0.717) is 19.3 Å². The van der Waals surface area contributed by atoms with Crippen LogP contribution in [-0.2, 0) is 28.6 Å². The first-order valence-electron chi connectivity index (χ1n) is 32.3. The van der Waals surface area contributed by atoms with Gasteiger partial charge in [-0.1, -0.05) is 293 Å². The van der Waals surface area contributed by atoms with E-state index < -0.39 is 6.10 Å². The number of esters is 3. The van der Waals surface area contributed by atoms with Gasteiger partial charge in [0.1, 0.15) is 13.2 Å². The molecule has 0 saturated heterocycles. The first-order chi connectivity index (χ1) is 36.5. The number of hydrogen-bond donors (Lipinski definition) is 0. The van der Waals surface area contributed by atoms with Gasteiger partial charge in [0.2, 0.25) is 0 Å². The van der Waals surface area contributed by atoms with E-state index in [9.17, 15) is 14.4 Å². The summed E-state index contributed by atoms with van der Waals surface area (Å²) in [5.74, 6) is -0.870. The van der Waals surface area contributed by atoms with Crippen LogP contribution in [0.3, 0.4) is 0 Å². The summed E-state index contributed by atoms with van der Waals surface area (Å²) in [6, 6.07) is 0. The Morgan fingerprint density at radius 3 is 0.824 bits per heavy atom. The van der Waals surface area contributed by atoms with Gasteiger partial charge in [-0.15, -0.1) is 0 Å². The van der Waals surface area contributed by atoms with Gasteiger partial charge < -0.3 is 14.2 Å². The van der Waals surface area contributed by atoms with Gasteiger partial charge in [0.15, 0.2) is 6.10 Å². The van der Waals surface area contributed by atoms with Gasteiger partial charge in [-0.05, 0) is 83.5 Å². The molecular weight excluding hydrogens is 913 g/mol. The van der Waals surface area contributed by atoms with Gasteiger partial charge in [-0.3, -0.25) is 14.4 Å². The van der Waals surface area contributed by atoms with Crippen LogP contribution >= 0.6 is 0 Å². The number of rotatable bonds is 59. The monoisotopic (exact) mass is 1030 g/mol. The fraction of sp³-hybridized carbons (Fsp3) is 0.809. The van der Waals surface area contributed by atoms with E-state index in [-0.39, 0.29) is 31.1 Å². The molecule has 1 atom stereocenters. The number of carbonyl (C=O) groups is 3. The van der Waals surface area contributed by atoms with Gasteiger partial charge in [-0.25, -0.2) is 0 Å². The topological polar surface area (TPSA) is 78.9 Å². The van der Waals surface area contributed by atoms with Crippen LogP contribution in [0.2, 0.25) is 0 Å². The number of ether oxygens (including phenoxy) is 3. The zero-order chi connectivity index (χ0) is 53.6. The molecule has 0 aromatic heterocycles. The van der Waals surface area contributed by atoms with Crippen LogP contribution in [0, 0.1) is 0 Å². The molecule has 74 heavy (non-hydrogen) atoms. The van der Waals surface area contributed by atoms with Gasteiger partial charge >= 0.3 is 17.9 Å². The number of hydrogen-bond acceptors (Lipinski definition) is 6. The molecule has 0 saturated carbocycles. The fourth-order valence-corrected chi connectivity index (χ4v) is 9.43. The second-order valence-electron chi connectivity index (χ2n) is 21.6. The molecule has 0 aliphatic rings. The van der Waals surface area contributed by atoms with Gasteiger partial charge in [-0.2, -0.15) is 0 Å². The van der Waals surface area contributed by atoms with Crippen LogP contribution in [-0.4, -0.2) is 37.2 Å². The molecule has 0 aromatic carbocycles. The highest BCUT2D eigenvalue weighted by atomic mass is 16.6. The summed E-state index contributed by atoms with van der Waals surface area (Å²) in [6.07, 6.45) is 79.3. The molecule has 0 rings (SSSR count). The lowest BCUT2D eigenvalue weighted by Crippen LogP contribution is -2.30. The standard InChI is InChI=1S/C68H122O6/c1-4-7-10-13-16-19-22-25-28-31-33-34-35-38-40-43-46-49-52-55-58-61-67(70)73-64-65(63-72-66(69)60-57-54-51-48-45-42-39-36-30-27-24-21-18-15-12-9-6-3)74-68(71)62-59-56-53-50-47-44-41-37-32-29-26-23-20-17-14-11-8-5-2/h9,12,18,21-22,25,27,30-31,33,65H,4-8,10-11,13-17,19-20,23-24,26,28-29,32,34-64H2,1-3H3/b12-9-,21-18-,25-22-,30-27-,33-31-. The summed E-state index contributed by atoms with van der Waals surface area (Å²) >= 11 is 0. The Morgan fingerprint density at radius 2 is 0.527 bits per heavy atom. The minimum absolute atomic E-state index is 0.0765. The fourth-order valence-electron chi connectivity index (χ4n) is 9.43. The van der Waals surface area contributed by atoms with E-state index in [1.165, 1.54) is 205 Å². The Labute approximate surface area is 460 Å². The van der Waals surface area contributed by atoms with E-state index in [1.807, 2.05) is 0 Å². The zero-order valence-electron chi connectivity index (χ0n) is 49.4. The van der Waals surface area contributed by atoms with Crippen LogP contribution in [0.5, 0.6) is 0 Å². The van der Waals surface area contributed by atoms with Crippen LogP contribution in [0.4, 0.5) is 0 Å². The third-order valence-electron chi connectivity index (χ3n) is 14.3. The van der Waals surface area contributed by atoms with Crippen molar-refractivity contribution >= 4 is 17.9 Å². The SMILES string of the molecule is CC/C=C\C/C=C\C/C=C\CCCCCCCCCC(=O)OCC(COC(=O)CCCCCCCCCCC/C=C\C/C=C\CCCCCCC)OC(=O)CCCCCCCCCCCCCCCCCCCC. The Kier molecular flexibility index (Phi) is 60.2. The molecule has 430 valence electrons. The molecule has 0 fully saturated rings. The maximum absolute atomic E-state index is 12.9. The van der Waals surface area contributed by atoms with E-state index in [2.05, 4.69) is 81.5 Å². The number of allylic oxidation sites excluding steroid dienone is 10. The van der Waals surface area contributed by atoms with E-state index in [0.717, 1.165) is 89.9 Å². The van der Waals surface area contributed by atoms with E-state index >= 15 is 0 Å². The van der Waals surface area contributed by atoms with Gasteiger partial charge in [0, 0.05) is 19.3 Å². The Balaban J connectivity index is 4.35. The lowest BCUT2D eigenvalue weighted by atomic mass is 10.0. The molecule has 0 aromatic rings. The van der Waals surface area contributed by atoms with Crippen molar-refractivity contribution in [1.29, 1.82) is 0 Å². The van der Waals surface area contributed by atoms with Crippen molar-refractivity contribution in [2.45, 2.75) is 341 Å². The van der Waals surface area contributed by atoms with Crippen molar-refractivity contribution in [2.24, 2.45) is 0 Å². The average Bonchev–Trinajstić information content (AvgIpc) is 3.40. The van der Waals surface area contributed by atoms with Crippen molar-refractivity contribution in [3.8, 4) is 0 Å². The maximum atomic E-state index is 12.9. The highest BCUT2D eigenvalue weighted by molar-refractivity contribution is 5.71. The summed E-state index contributed by atoms with van der Waals surface area (Å²) in [4.78, 5) is 38.3. The highest BCUT2D eigenvalue weighted by Gasteiger charge is 2.19. The molecule has 0 bridgehead atoms. The van der Waals surface area contributed by atoms with Crippen LogP contribution in [0.25, 0.3) is 0 Å². The quantitative estimate of drug-likeness (QED) is 0.0261. The predicted molar refractivity (Wildman–Crippen MR) is 321 cm³/mol. The summed E-state index contributed by atoms with van der Waals surface area (Å²) < 4.78 is 17.0. The Morgan fingerprint density at radius 1 is 0.284 bits per heavy atom. The molecule has 6 heteroatoms. The molecule has 0 N–H and O–H groups in total. The van der Waals surface area contributed by atoms with Gasteiger partial charge in [0.05, 0.1) is 0 Å². The second-order valence-corrected chi connectivity index (χ2v) is 21.6. The highest BCUT2D eigenvalue weighted by Crippen LogP contribution is 2.17. The smallest absolute Gasteiger partial charge is 0.306 e. The van der Waals surface area contributed by atoms with E-state index in [4.69, 9.17) is 14.2 Å². The van der Waals surface area contributed by atoms with Gasteiger partial charge in [0.25, 0.3) is 0 Å². The zero-order valence-corrected chi connectivity index (χ0v) is 49.4. The molecule has 0 heterocycles. The number of unbranched alkanes of at least 4 members (excludes halogenated alkanes) is 38. The van der Waals surface area contributed by atoms with Crippen LogP contribution < -0.4 is 0 Å². The summed E-state index contributed by atoms with van der Waals surface area (Å²) in [5.41, 5.74) is 0. The van der Waals surface area contributed by atoms with Crippen molar-refractivity contribution in [3.05, 3.63) is 60.8 Å². The molecule has 0 spiro atoms. The largest absolute Gasteiger partial charge is 0.462 e. The molecule has 0 aliphatic heterocycles. The summed E-state index contributed by atoms with van der Waals surface area (Å²) in [7, 11) is 0. The summed E-state index contributed by atoms with van der Waals surface area (Å²) in [5, 5.41) is 0. The number of carbonyl (C=O) groups excluding carboxylic acids is 3. The molecular formula is C68H122O6. The third kappa shape index (κ3) is 60.0. The normalized spacial score (nSPS) is 12.4. The first kappa shape index (κ1) is 71.1. The average molecular weight is 1040 g/mol. The molecule has 6 nitrogen and oxygen atoms in total. The molecule has 0 radical (unpaired) electrons. The van der Waals surface area contributed by atoms with E-state index in [1.54, 1.807) is 0 Å². The minimum atomic E-state index is -0.780. The minimum Gasteiger partial charge on any atom is -0.462 e. The van der Waals surface area contributed by atoms with Crippen LogP contribution in [0.1, 0.15) is 335 Å². The van der Waals surface area contributed by atoms with Crippen molar-refractivity contribution < 1.29 is 28.6 Å². The third-order valence-corrected chi connectivity index (χ3v) is 14.3. The Hall–Kier alpha value is -2.89. The predicted octanol–water partition coefficient (Wildman–Crippen LogP) is 21.9. The first-order valence-corrected chi connectivity index (χ1v) is 32.3. The van der Waals surface area contributed by atoms with Crippen molar-refractivity contribution in [3.63, 3.8) is 0 Å².